The Labute approximate surface area is 115 Å². The Balaban J connectivity index is 2.43. The monoisotopic (exact) mass is 268 g/mol. The minimum absolute atomic E-state index is 0.471. The zero-order chi connectivity index (χ0) is 14.1. The Morgan fingerprint density at radius 2 is 1.90 bits per heavy atom. The minimum Gasteiger partial charge on any atom is -0.315 e. The average molecular weight is 268 g/mol. The largest absolute Gasteiger partial charge is 0.316 e. The summed E-state index contributed by atoms with van der Waals surface area (Å²) in [5.41, 5.74) is 0.511. The van der Waals surface area contributed by atoms with Gasteiger partial charge in [0.05, 0.1) is 11.0 Å². The van der Waals surface area contributed by atoms with Crippen LogP contribution in [0.3, 0.4) is 0 Å². The molecule has 1 N–H and O–H groups in total. The summed E-state index contributed by atoms with van der Waals surface area (Å²) in [4.78, 5) is 26.6. The summed E-state index contributed by atoms with van der Waals surface area (Å²) >= 11 is 0. The number of H-pyrrole nitrogens is 1. The van der Waals surface area contributed by atoms with E-state index in [1.54, 1.807) is 4.57 Å². The molecule has 0 amide bonds. The number of hydrogen-bond donors (Lipinski definition) is 1. The van der Waals surface area contributed by atoms with Gasteiger partial charge in [-0.3, -0.25) is 9.59 Å². The molecule has 0 aliphatic carbocycles. The summed E-state index contributed by atoms with van der Waals surface area (Å²) in [5.74, 6) is 0. The molecule has 0 atom stereocenters. The van der Waals surface area contributed by atoms with Gasteiger partial charge in [0.15, 0.2) is 0 Å². The average Bonchev–Trinajstić information content (AvgIpc) is 2.48. The summed E-state index contributed by atoms with van der Waals surface area (Å²) in [6.07, 6.45) is 1.86. The number of rotatable bonds is 3. The van der Waals surface area contributed by atoms with Crippen molar-refractivity contribution in [2.24, 2.45) is 0 Å². The molecule has 4 heteroatoms. The third-order valence-electron chi connectivity index (χ3n) is 3.61. The molecular formula is C16H16N2O2. The zero-order valence-corrected chi connectivity index (χ0v) is 11.3. The van der Waals surface area contributed by atoms with E-state index in [0.717, 1.165) is 34.6 Å². The van der Waals surface area contributed by atoms with Crippen LogP contribution in [0.15, 0.2) is 46.0 Å². The van der Waals surface area contributed by atoms with Crippen LogP contribution in [-0.4, -0.2) is 9.55 Å². The maximum absolute atomic E-state index is 12.0. The lowest BCUT2D eigenvalue weighted by molar-refractivity contribution is 0.626. The van der Waals surface area contributed by atoms with Crippen LogP contribution in [0.25, 0.3) is 21.8 Å². The van der Waals surface area contributed by atoms with Crippen molar-refractivity contribution >= 4 is 21.8 Å². The number of nitrogens with one attached hydrogen (secondary N) is 1. The molecule has 0 bridgehead atoms. The number of nitrogens with zero attached hydrogens (tertiary/aromatic N) is 1. The van der Waals surface area contributed by atoms with Crippen LogP contribution in [0, 0.1) is 0 Å². The molecule has 1 heterocycles. The Kier molecular flexibility index (Phi) is 3.14. The molecule has 0 saturated carbocycles. The van der Waals surface area contributed by atoms with Gasteiger partial charge in [0.25, 0.3) is 0 Å². The highest BCUT2D eigenvalue weighted by molar-refractivity contribution is 6.03. The Hall–Kier alpha value is -2.36. The maximum Gasteiger partial charge on any atom is 0.316 e. The van der Waals surface area contributed by atoms with E-state index in [9.17, 15) is 9.59 Å². The van der Waals surface area contributed by atoms with E-state index in [1.807, 2.05) is 36.4 Å². The van der Waals surface area contributed by atoms with E-state index < -0.39 is 11.1 Å². The normalized spacial score (nSPS) is 11.2. The van der Waals surface area contributed by atoms with Crippen molar-refractivity contribution in [1.29, 1.82) is 0 Å². The molecule has 0 radical (unpaired) electrons. The van der Waals surface area contributed by atoms with Gasteiger partial charge in [0, 0.05) is 11.9 Å². The number of aromatic nitrogens is 2. The van der Waals surface area contributed by atoms with Gasteiger partial charge in [0.1, 0.15) is 0 Å². The van der Waals surface area contributed by atoms with Gasteiger partial charge in [0.2, 0.25) is 0 Å². The lowest BCUT2D eigenvalue weighted by Crippen LogP contribution is -2.36. The Morgan fingerprint density at radius 3 is 2.70 bits per heavy atom. The van der Waals surface area contributed by atoms with Gasteiger partial charge in [-0.05, 0) is 17.9 Å². The van der Waals surface area contributed by atoms with Crippen molar-refractivity contribution in [3.63, 3.8) is 0 Å². The Morgan fingerprint density at radius 1 is 1.10 bits per heavy atom. The zero-order valence-electron chi connectivity index (χ0n) is 11.3. The van der Waals surface area contributed by atoms with Crippen LogP contribution in [-0.2, 0) is 6.54 Å². The standard InChI is InChI=1S/C16H16N2O2/c1-2-3-10-18-13-9-8-11-6-4-5-7-12(11)14(13)17-15(19)16(18)20/h4-9H,2-3,10H2,1H3,(H,17,19). The minimum atomic E-state index is -0.551. The van der Waals surface area contributed by atoms with Crippen molar-refractivity contribution in [3.8, 4) is 0 Å². The molecule has 0 saturated heterocycles. The van der Waals surface area contributed by atoms with Crippen LogP contribution in [0.1, 0.15) is 19.8 Å². The second-order valence-corrected chi connectivity index (χ2v) is 4.95. The molecule has 2 aromatic carbocycles. The fourth-order valence-corrected chi connectivity index (χ4v) is 2.55. The highest BCUT2D eigenvalue weighted by atomic mass is 16.2. The number of hydrogen-bond acceptors (Lipinski definition) is 2. The molecule has 0 fully saturated rings. The lowest BCUT2D eigenvalue weighted by Gasteiger charge is -2.10. The number of aromatic amines is 1. The third-order valence-corrected chi connectivity index (χ3v) is 3.61. The first-order valence-electron chi connectivity index (χ1n) is 6.87. The maximum atomic E-state index is 12.0. The fraction of sp³-hybridized carbons (Fsp3) is 0.250. The Bertz CT molecular complexity index is 890. The van der Waals surface area contributed by atoms with Gasteiger partial charge in [-0.25, -0.2) is 0 Å². The van der Waals surface area contributed by atoms with Crippen molar-refractivity contribution in [1.82, 2.24) is 9.55 Å². The first-order valence-corrected chi connectivity index (χ1v) is 6.87. The summed E-state index contributed by atoms with van der Waals surface area (Å²) < 4.78 is 1.59. The SMILES string of the molecule is CCCCn1c(=O)c(=O)[nH]c2c3ccccc3ccc21. The van der Waals surface area contributed by atoms with Gasteiger partial charge in [-0.15, -0.1) is 0 Å². The van der Waals surface area contributed by atoms with Crippen molar-refractivity contribution < 1.29 is 0 Å². The van der Waals surface area contributed by atoms with Gasteiger partial charge in [-0.1, -0.05) is 43.7 Å². The first kappa shape index (κ1) is 12.7. The van der Waals surface area contributed by atoms with Crippen molar-refractivity contribution in [2.75, 3.05) is 0 Å². The van der Waals surface area contributed by atoms with E-state index in [4.69, 9.17) is 0 Å². The molecular weight excluding hydrogens is 252 g/mol. The second-order valence-electron chi connectivity index (χ2n) is 4.95. The molecule has 3 rings (SSSR count). The number of aryl methyl sites for hydroxylation is 1. The van der Waals surface area contributed by atoms with Crippen LogP contribution in [0.2, 0.25) is 0 Å². The third kappa shape index (κ3) is 1.93. The van der Waals surface area contributed by atoms with Crippen molar-refractivity contribution in [2.45, 2.75) is 26.3 Å². The van der Waals surface area contributed by atoms with Crippen LogP contribution < -0.4 is 11.1 Å². The van der Waals surface area contributed by atoms with Crippen LogP contribution in [0.5, 0.6) is 0 Å². The predicted octanol–water partition coefficient (Wildman–Crippen LogP) is 2.64. The van der Waals surface area contributed by atoms with E-state index >= 15 is 0 Å². The summed E-state index contributed by atoms with van der Waals surface area (Å²) in [7, 11) is 0. The van der Waals surface area contributed by atoms with E-state index in [-0.39, 0.29) is 0 Å². The van der Waals surface area contributed by atoms with Crippen LogP contribution in [0.4, 0.5) is 0 Å². The molecule has 0 unspecified atom stereocenters. The fourth-order valence-electron chi connectivity index (χ4n) is 2.55. The number of fused-ring (bicyclic) bond motifs is 3. The molecule has 0 aliphatic heterocycles. The quantitative estimate of drug-likeness (QED) is 0.586. The first-order chi connectivity index (χ1) is 9.72. The van der Waals surface area contributed by atoms with E-state index in [1.165, 1.54) is 0 Å². The van der Waals surface area contributed by atoms with Gasteiger partial charge >= 0.3 is 11.1 Å². The number of unbranched alkanes of at least 4 members (excludes halogenated alkanes) is 1. The summed E-state index contributed by atoms with van der Waals surface area (Å²) in [6.45, 7) is 2.64. The van der Waals surface area contributed by atoms with Crippen LogP contribution >= 0.6 is 0 Å². The highest BCUT2D eigenvalue weighted by Crippen LogP contribution is 2.21. The molecule has 20 heavy (non-hydrogen) atoms. The van der Waals surface area contributed by atoms with E-state index in [2.05, 4.69) is 11.9 Å². The highest BCUT2D eigenvalue weighted by Gasteiger charge is 2.09. The molecule has 1 aromatic heterocycles. The van der Waals surface area contributed by atoms with Gasteiger partial charge < -0.3 is 9.55 Å². The van der Waals surface area contributed by atoms with Crippen molar-refractivity contribution in [3.05, 3.63) is 57.1 Å². The van der Waals surface area contributed by atoms with E-state index in [0.29, 0.717) is 6.54 Å². The lowest BCUT2D eigenvalue weighted by atomic mass is 10.1. The molecule has 4 nitrogen and oxygen atoms in total. The van der Waals surface area contributed by atoms with Gasteiger partial charge in [-0.2, -0.15) is 0 Å². The predicted molar refractivity (Wildman–Crippen MR) is 81.2 cm³/mol. The summed E-state index contributed by atoms with van der Waals surface area (Å²) in [5, 5.41) is 2.02. The topological polar surface area (TPSA) is 54.9 Å². The summed E-state index contributed by atoms with van der Waals surface area (Å²) in [6, 6.07) is 11.7. The molecule has 0 aliphatic rings. The molecule has 102 valence electrons. The second kappa shape index (κ2) is 4.96. The molecule has 0 spiro atoms. The smallest absolute Gasteiger partial charge is 0.315 e. The molecule has 3 aromatic rings. The number of benzene rings is 2.